The Morgan fingerprint density at radius 3 is 1.96 bits per heavy atom. The second-order valence-corrected chi connectivity index (χ2v) is 14.3. The van der Waals surface area contributed by atoms with Crippen molar-refractivity contribution in [2.75, 3.05) is 4.90 Å². The first-order valence-corrected chi connectivity index (χ1v) is 18.3. The van der Waals surface area contributed by atoms with Crippen LogP contribution in [0, 0.1) is 0 Å². The first kappa shape index (κ1) is 29.1. The number of nitrogens with zero attached hydrogens (tertiary/aromatic N) is 3. The molecule has 0 unspecified atom stereocenters. The Labute approximate surface area is 303 Å². The van der Waals surface area contributed by atoms with Gasteiger partial charge in [0.15, 0.2) is 5.58 Å². The number of hydrogen-bond acceptors (Lipinski definition) is 4. The van der Waals surface area contributed by atoms with E-state index in [1.165, 1.54) is 36.5 Å². The molecule has 0 aliphatic rings. The Morgan fingerprint density at radius 1 is 0.481 bits per heavy atom. The van der Waals surface area contributed by atoms with Gasteiger partial charge in [0.2, 0.25) is 5.89 Å². The molecular formula is C47H29N3OS. The van der Waals surface area contributed by atoms with Crippen LogP contribution in [-0.4, -0.2) is 9.55 Å². The molecule has 11 rings (SSSR count). The Bertz CT molecular complexity index is 3140. The molecule has 0 bridgehead atoms. The van der Waals surface area contributed by atoms with Gasteiger partial charge in [-0.2, -0.15) is 0 Å². The van der Waals surface area contributed by atoms with Crippen LogP contribution in [0.3, 0.4) is 0 Å². The minimum absolute atomic E-state index is 0.615. The first-order valence-electron chi connectivity index (χ1n) is 17.5. The predicted octanol–water partition coefficient (Wildman–Crippen LogP) is 13.6. The van der Waals surface area contributed by atoms with Crippen LogP contribution in [0.1, 0.15) is 0 Å². The van der Waals surface area contributed by atoms with Crippen LogP contribution in [0.2, 0.25) is 0 Å². The van der Waals surface area contributed by atoms with Crippen molar-refractivity contribution in [3.63, 3.8) is 0 Å². The summed E-state index contributed by atoms with van der Waals surface area (Å²) in [5, 5.41) is 7.08. The SMILES string of the molecule is c1ccc(-c2nc3cc(N(c4ccc5sc6ccccc6c5c4)c4ccc5c6ccccc6n(-c6ccccc6)c5c4)c4ccccc4c3o2)cc1. The number of oxazole rings is 1. The second kappa shape index (κ2) is 11.4. The summed E-state index contributed by atoms with van der Waals surface area (Å²) in [6, 6.07) is 62.6. The topological polar surface area (TPSA) is 34.2 Å². The number of para-hydroxylation sites is 2. The van der Waals surface area contributed by atoms with E-state index in [0.29, 0.717) is 5.89 Å². The van der Waals surface area contributed by atoms with Gasteiger partial charge in [-0.05, 0) is 72.8 Å². The molecule has 244 valence electrons. The van der Waals surface area contributed by atoms with Crippen molar-refractivity contribution in [3.8, 4) is 17.1 Å². The van der Waals surface area contributed by atoms with Gasteiger partial charge >= 0.3 is 0 Å². The highest BCUT2D eigenvalue weighted by atomic mass is 32.1. The van der Waals surface area contributed by atoms with Gasteiger partial charge < -0.3 is 13.9 Å². The smallest absolute Gasteiger partial charge is 0.227 e. The summed E-state index contributed by atoms with van der Waals surface area (Å²) in [5.74, 6) is 0.615. The number of fused-ring (bicyclic) bond motifs is 9. The van der Waals surface area contributed by atoms with Gasteiger partial charge in [-0.25, -0.2) is 4.98 Å². The van der Waals surface area contributed by atoms with Crippen molar-refractivity contribution in [1.29, 1.82) is 0 Å². The fourth-order valence-corrected chi connectivity index (χ4v) is 8.94. The van der Waals surface area contributed by atoms with E-state index < -0.39 is 0 Å². The molecule has 0 radical (unpaired) electrons. The fourth-order valence-electron chi connectivity index (χ4n) is 7.86. The summed E-state index contributed by atoms with van der Waals surface area (Å²) in [7, 11) is 0. The number of aromatic nitrogens is 2. The third kappa shape index (κ3) is 4.43. The molecule has 0 aliphatic heterocycles. The lowest BCUT2D eigenvalue weighted by Gasteiger charge is -2.27. The van der Waals surface area contributed by atoms with Gasteiger partial charge in [-0.3, -0.25) is 0 Å². The van der Waals surface area contributed by atoms with E-state index in [-0.39, 0.29) is 0 Å². The van der Waals surface area contributed by atoms with Crippen molar-refractivity contribution in [1.82, 2.24) is 9.55 Å². The lowest BCUT2D eigenvalue weighted by Crippen LogP contribution is -2.11. The third-order valence-electron chi connectivity index (χ3n) is 10.2. The van der Waals surface area contributed by atoms with Crippen LogP contribution in [0.15, 0.2) is 180 Å². The number of rotatable bonds is 5. The van der Waals surface area contributed by atoms with Crippen LogP contribution in [0.25, 0.3) is 81.0 Å². The van der Waals surface area contributed by atoms with Gasteiger partial charge in [-0.15, -0.1) is 11.3 Å². The standard InChI is InChI=1S/C47H29N3OS/c1-3-13-30(14-4-1)47-48-40-29-43(35-18-7-8-20-38(35)46(40)51-47)49(32-24-26-45-39(27-32)37-19-10-12-22-44(37)52-45)33-23-25-36-34-17-9-11-21-41(34)50(42(36)28-33)31-15-5-2-6-16-31/h1-29H. The average Bonchev–Trinajstić information content (AvgIpc) is 3.91. The molecule has 3 heterocycles. The van der Waals surface area contributed by atoms with E-state index in [1.807, 2.05) is 41.7 Å². The molecule has 5 heteroatoms. The molecule has 0 atom stereocenters. The Hall–Kier alpha value is -6.69. The number of hydrogen-bond donors (Lipinski definition) is 0. The fraction of sp³-hybridized carbons (Fsp3) is 0. The Morgan fingerprint density at radius 2 is 1.12 bits per heavy atom. The van der Waals surface area contributed by atoms with Crippen molar-refractivity contribution in [3.05, 3.63) is 176 Å². The molecule has 0 aliphatic carbocycles. The van der Waals surface area contributed by atoms with Crippen LogP contribution < -0.4 is 4.90 Å². The quantitative estimate of drug-likeness (QED) is 0.181. The summed E-state index contributed by atoms with van der Waals surface area (Å²) in [5.41, 5.74) is 9.20. The molecule has 52 heavy (non-hydrogen) atoms. The van der Waals surface area contributed by atoms with Gasteiger partial charge in [0.25, 0.3) is 0 Å². The van der Waals surface area contributed by atoms with E-state index in [9.17, 15) is 0 Å². The van der Waals surface area contributed by atoms with Gasteiger partial charge in [0.05, 0.1) is 16.7 Å². The minimum atomic E-state index is 0.615. The molecule has 11 aromatic rings. The van der Waals surface area contributed by atoms with Gasteiger partial charge in [-0.1, -0.05) is 103 Å². The largest absolute Gasteiger partial charge is 0.435 e. The second-order valence-electron chi connectivity index (χ2n) is 13.2. The van der Waals surface area contributed by atoms with E-state index in [4.69, 9.17) is 9.40 Å². The third-order valence-corrected chi connectivity index (χ3v) is 11.3. The molecular weight excluding hydrogens is 655 g/mol. The van der Waals surface area contributed by atoms with Crippen molar-refractivity contribution in [2.24, 2.45) is 0 Å². The highest BCUT2D eigenvalue weighted by Gasteiger charge is 2.23. The zero-order chi connectivity index (χ0) is 34.2. The number of thiophene rings is 1. The molecule has 0 fully saturated rings. The molecule has 3 aromatic heterocycles. The number of benzene rings is 8. The summed E-state index contributed by atoms with van der Waals surface area (Å²) in [4.78, 5) is 7.48. The van der Waals surface area contributed by atoms with Crippen LogP contribution in [0.4, 0.5) is 17.1 Å². The minimum Gasteiger partial charge on any atom is -0.435 e. The maximum Gasteiger partial charge on any atom is 0.227 e. The van der Waals surface area contributed by atoms with E-state index >= 15 is 0 Å². The first-order chi connectivity index (χ1) is 25.8. The molecule has 0 spiro atoms. The normalized spacial score (nSPS) is 11.8. The van der Waals surface area contributed by atoms with Crippen molar-refractivity contribution < 1.29 is 4.42 Å². The van der Waals surface area contributed by atoms with Crippen LogP contribution in [0.5, 0.6) is 0 Å². The molecule has 8 aromatic carbocycles. The highest BCUT2D eigenvalue weighted by molar-refractivity contribution is 7.25. The summed E-state index contributed by atoms with van der Waals surface area (Å²) in [6.07, 6.45) is 0. The van der Waals surface area contributed by atoms with Crippen molar-refractivity contribution >= 4 is 92.2 Å². The lowest BCUT2D eigenvalue weighted by atomic mass is 10.0. The maximum absolute atomic E-state index is 6.53. The summed E-state index contributed by atoms with van der Waals surface area (Å²) in [6.45, 7) is 0. The zero-order valence-electron chi connectivity index (χ0n) is 27.9. The molecule has 0 N–H and O–H groups in total. The molecule has 0 amide bonds. The molecule has 0 saturated heterocycles. The molecule has 0 saturated carbocycles. The predicted molar refractivity (Wildman–Crippen MR) is 219 cm³/mol. The van der Waals surface area contributed by atoms with Gasteiger partial charge in [0.1, 0.15) is 5.52 Å². The average molecular weight is 684 g/mol. The lowest BCUT2D eigenvalue weighted by molar-refractivity contribution is 0.623. The van der Waals surface area contributed by atoms with E-state index in [1.54, 1.807) is 0 Å². The Kier molecular flexibility index (Phi) is 6.39. The number of anilines is 3. The summed E-state index contributed by atoms with van der Waals surface area (Å²) < 4.78 is 11.5. The monoisotopic (exact) mass is 683 g/mol. The highest BCUT2D eigenvalue weighted by Crippen LogP contribution is 2.46. The van der Waals surface area contributed by atoms with Crippen LogP contribution >= 0.6 is 11.3 Å². The summed E-state index contributed by atoms with van der Waals surface area (Å²) >= 11 is 1.84. The van der Waals surface area contributed by atoms with Crippen molar-refractivity contribution in [2.45, 2.75) is 0 Å². The zero-order valence-corrected chi connectivity index (χ0v) is 28.7. The van der Waals surface area contributed by atoms with E-state index in [2.05, 4.69) is 155 Å². The maximum atomic E-state index is 6.53. The van der Waals surface area contributed by atoms with Crippen LogP contribution in [-0.2, 0) is 0 Å². The Balaban J connectivity index is 1.22. The van der Waals surface area contributed by atoms with E-state index in [0.717, 1.165) is 55.7 Å². The van der Waals surface area contributed by atoms with Gasteiger partial charge in [0, 0.05) is 64.3 Å². The molecule has 4 nitrogen and oxygen atoms in total.